The molecule has 2 aliphatic rings. The molecule has 0 unspecified atom stereocenters. The number of hydrogen-bond acceptors (Lipinski definition) is 7. The fraction of sp³-hybridized carbons (Fsp3) is 0.474. The Hall–Kier alpha value is -2.61. The van der Waals surface area contributed by atoms with Crippen LogP contribution in [0.5, 0.6) is 0 Å². The minimum Gasteiger partial charge on any atom is -0.419 e. The van der Waals surface area contributed by atoms with Gasteiger partial charge in [-0.3, -0.25) is 0 Å². The van der Waals surface area contributed by atoms with E-state index in [9.17, 15) is 14.0 Å². The normalized spacial score (nSPS) is 20.1. The molecule has 1 aromatic rings. The van der Waals surface area contributed by atoms with Crippen molar-refractivity contribution in [3.05, 3.63) is 35.8 Å². The molecule has 2 saturated heterocycles. The maximum atomic E-state index is 14.5. The van der Waals surface area contributed by atoms with Crippen LogP contribution < -0.4 is 10.2 Å². The summed E-state index contributed by atoms with van der Waals surface area (Å²) in [6, 6.07) is 4.73. The first-order valence-corrected chi connectivity index (χ1v) is 8.99. The van der Waals surface area contributed by atoms with Crippen molar-refractivity contribution in [3.8, 4) is 0 Å². The molecule has 2 heterocycles. The number of halogens is 1. The van der Waals surface area contributed by atoms with Crippen LogP contribution in [0.2, 0.25) is 0 Å². The van der Waals surface area contributed by atoms with Gasteiger partial charge in [0.1, 0.15) is 5.82 Å². The van der Waals surface area contributed by atoms with E-state index in [0.29, 0.717) is 11.4 Å². The quantitative estimate of drug-likeness (QED) is 0.489. The van der Waals surface area contributed by atoms with E-state index in [1.165, 1.54) is 26.1 Å². The molecule has 27 heavy (non-hydrogen) atoms. The summed E-state index contributed by atoms with van der Waals surface area (Å²) in [6.07, 6.45) is 1.17. The van der Waals surface area contributed by atoms with Crippen LogP contribution in [0.25, 0.3) is 0 Å². The third kappa shape index (κ3) is 4.39. The van der Waals surface area contributed by atoms with Crippen LogP contribution in [-0.2, 0) is 19.1 Å². The molecule has 0 spiro atoms. The number of benzene rings is 1. The molecular formula is C19H24FN3O4. The topological polar surface area (TPSA) is 71.1 Å². The van der Waals surface area contributed by atoms with Crippen LogP contribution in [0.3, 0.4) is 0 Å². The van der Waals surface area contributed by atoms with E-state index in [0.717, 1.165) is 32.7 Å². The number of rotatable bonds is 4. The fourth-order valence-electron chi connectivity index (χ4n) is 3.09. The molecule has 0 aromatic heterocycles. The van der Waals surface area contributed by atoms with Gasteiger partial charge in [-0.05, 0) is 24.7 Å². The van der Waals surface area contributed by atoms with E-state index in [1.54, 1.807) is 12.1 Å². The number of piperazine rings is 1. The Morgan fingerprint density at radius 2 is 1.78 bits per heavy atom. The van der Waals surface area contributed by atoms with Crippen molar-refractivity contribution >= 4 is 23.3 Å². The van der Waals surface area contributed by atoms with Gasteiger partial charge in [-0.1, -0.05) is 6.92 Å². The first-order chi connectivity index (χ1) is 12.8. The minimum atomic E-state index is -1.29. The van der Waals surface area contributed by atoms with Crippen LogP contribution in [0.4, 0.5) is 15.8 Å². The van der Waals surface area contributed by atoms with Crippen molar-refractivity contribution in [2.75, 3.05) is 42.9 Å². The Morgan fingerprint density at radius 3 is 2.33 bits per heavy atom. The van der Waals surface area contributed by atoms with Crippen LogP contribution in [-0.4, -0.2) is 55.3 Å². The summed E-state index contributed by atoms with van der Waals surface area (Å²) in [5, 5.41) is 2.76. The molecule has 7 nitrogen and oxygen atoms in total. The van der Waals surface area contributed by atoms with E-state index in [-0.39, 0.29) is 11.4 Å². The Morgan fingerprint density at radius 1 is 1.15 bits per heavy atom. The van der Waals surface area contributed by atoms with Crippen molar-refractivity contribution in [2.45, 2.75) is 26.6 Å². The highest BCUT2D eigenvalue weighted by Gasteiger charge is 2.38. The standard InChI is InChI=1S/C19H24FN3O4/c1-4-22-7-9-23(10-8-22)16-6-5-13(11-15(16)20)21-12-14-17(24)26-19(2,3)27-18(14)25/h5-6,11-12,21H,4,7-10H2,1-3H3. The van der Waals surface area contributed by atoms with Crippen molar-refractivity contribution in [3.63, 3.8) is 0 Å². The summed E-state index contributed by atoms with van der Waals surface area (Å²) >= 11 is 0. The fourth-order valence-corrected chi connectivity index (χ4v) is 3.09. The van der Waals surface area contributed by atoms with Gasteiger partial charge in [0, 0.05) is 51.9 Å². The summed E-state index contributed by atoms with van der Waals surface area (Å²) in [6.45, 7) is 9.41. The largest absolute Gasteiger partial charge is 0.419 e. The van der Waals surface area contributed by atoms with E-state index in [4.69, 9.17) is 9.47 Å². The van der Waals surface area contributed by atoms with Crippen molar-refractivity contribution in [2.24, 2.45) is 0 Å². The van der Waals surface area contributed by atoms with E-state index in [1.807, 2.05) is 4.90 Å². The molecule has 0 aliphatic carbocycles. The molecule has 2 fully saturated rings. The highest BCUT2D eigenvalue weighted by molar-refractivity contribution is 6.15. The number of nitrogens with one attached hydrogen (secondary N) is 1. The lowest BCUT2D eigenvalue weighted by molar-refractivity contribution is -0.222. The predicted molar refractivity (Wildman–Crippen MR) is 98.7 cm³/mol. The van der Waals surface area contributed by atoms with Crippen LogP contribution in [0.1, 0.15) is 20.8 Å². The summed E-state index contributed by atoms with van der Waals surface area (Å²) in [5.41, 5.74) is 0.693. The van der Waals surface area contributed by atoms with Crippen LogP contribution in [0, 0.1) is 5.82 Å². The number of cyclic esters (lactones) is 2. The monoisotopic (exact) mass is 377 g/mol. The Labute approximate surface area is 157 Å². The molecular weight excluding hydrogens is 353 g/mol. The zero-order valence-corrected chi connectivity index (χ0v) is 15.8. The molecule has 3 rings (SSSR count). The van der Waals surface area contributed by atoms with Crippen LogP contribution in [0.15, 0.2) is 30.0 Å². The highest BCUT2D eigenvalue weighted by atomic mass is 19.1. The zero-order valence-electron chi connectivity index (χ0n) is 15.8. The second-order valence-corrected chi connectivity index (χ2v) is 6.97. The lowest BCUT2D eigenvalue weighted by Gasteiger charge is -2.35. The van der Waals surface area contributed by atoms with E-state index in [2.05, 4.69) is 17.1 Å². The average Bonchev–Trinajstić information content (AvgIpc) is 2.60. The molecule has 0 atom stereocenters. The smallest absolute Gasteiger partial charge is 0.350 e. The van der Waals surface area contributed by atoms with Gasteiger partial charge in [0.2, 0.25) is 0 Å². The van der Waals surface area contributed by atoms with Gasteiger partial charge in [-0.25, -0.2) is 14.0 Å². The van der Waals surface area contributed by atoms with Crippen molar-refractivity contribution < 1.29 is 23.5 Å². The van der Waals surface area contributed by atoms with Gasteiger partial charge >= 0.3 is 11.9 Å². The van der Waals surface area contributed by atoms with E-state index < -0.39 is 17.7 Å². The molecule has 1 N–H and O–H groups in total. The molecule has 2 aliphatic heterocycles. The third-order valence-corrected chi connectivity index (χ3v) is 4.61. The molecule has 1 aromatic carbocycles. The number of likely N-dealkylation sites (N-methyl/N-ethyl adjacent to an activating group) is 1. The van der Waals surface area contributed by atoms with E-state index >= 15 is 0 Å². The minimum absolute atomic E-state index is 0.269. The Balaban J connectivity index is 1.68. The average molecular weight is 377 g/mol. The summed E-state index contributed by atoms with van der Waals surface area (Å²) in [7, 11) is 0. The van der Waals surface area contributed by atoms with Gasteiger partial charge in [-0.2, -0.15) is 0 Å². The van der Waals surface area contributed by atoms with Gasteiger partial charge in [0.25, 0.3) is 5.79 Å². The first-order valence-electron chi connectivity index (χ1n) is 8.99. The number of carbonyl (C=O) groups is 2. The molecule has 0 bridgehead atoms. The number of carbonyl (C=O) groups excluding carboxylic acids is 2. The molecule has 0 saturated carbocycles. The molecule has 146 valence electrons. The SMILES string of the molecule is CCN1CCN(c2ccc(NC=C3C(=O)OC(C)(C)OC3=O)cc2F)CC1. The molecule has 0 amide bonds. The van der Waals surface area contributed by atoms with Gasteiger partial charge < -0.3 is 24.6 Å². The maximum Gasteiger partial charge on any atom is 0.350 e. The van der Waals surface area contributed by atoms with Gasteiger partial charge in [-0.15, -0.1) is 0 Å². The summed E-state index contributed by atoms with van der Waals surface area (Å²) in [5.74, 6) is -3.22. The zero-order chi connectivity index (χ0) is 19.6. The van der Waals surface area contributed by atoms with Crippen LogP contribution >= 0.6 is 0 Å². The number of esters is 2. The maximum absolute atomic E-state index is 14.5. The van der Waals surface area contributed by atoms with Crippen molar-refractivity contribution in [1.29, 1.82) is 0 Å². The number of nitrogens with zero attached hydrogens (tertiary/aromatic N) is 2. The molecule has 0 radical (unpaired) electrons. The summed E-state index contributed by atoms with van der Waals surface area (Å²) < 4.78 is 24.6. The summed E-state index contributed by atoms with van der Waals surface area (Å²) in [4.78, 5) is 28.1. The van der Waals surface area contributed by atoms with Crippen molar-refractivity contribution in [1.82, 2.24) is 4.90 Å². The lowest BCUT2D eigenvalue weighted by Crippen LogP contribution is -2.46. The number of hydrogen-bond donors (Lipinski definition) is 1. The number of ether oxygens (including phenoxy) is 2. The van der Waals surface area contributed by atoms with Gasteiger partial charge in [0.05, 0.1) is 5.69 Å². The predicted octanol–water partition coefficient (Wildman–Crippen LogP) is 2.10. The third-order valence-electron chi connectivity index (χ3n) is 4.61. The Bertz CT molecular complexity index is 748. The number of anilines is 2. The highest BCUT2D eigenvalue weighted by Crippen LogP contribution is 2.25. The first kappa shape index (κ1) is 19.2. The van der Waals surface area contributed by atoms with Gasteiger partial charge in [0.15, 0.2) is 5.57 Å². The Kier molecular flexibility index (Phi) is 5.36. The molecule has 8 heteroatoms. The second-order valence-electron chi connectivity index (χ2n) is 6.97. The second kappa shape index (κ2) is 7.56. The lowest BCUT2D eigenvalue weighted by atomic mass is 10.2.